The molecule has 0 saturated heterocycles. The van der Waals surface area contributed by atoms with Crippen LogP contribution in [0.25, 0.3) is 0 Å². The average Bonchev–Trinajstić information content (AvgIpc) is 2.28. The summed E-state index contributed by atoms with van der Waals surface area (Å²) in [4.78, 5) is 2.11. The van der Waals surface area contributed by atoms with Crippen molar-refractivity contribution in [1.82, 2.24) is 0 Å². The number of likely N-dealkylation sites (N-methyl/N-ethyl adjacent to an activating group) is 1. The number of rotatable bonds is 5. The number of aliphatic hydroxyl groups is 1. The Kier molecular flexibility index (Phi) is 4.37. The Balaban J connectivity index is 2.75. The topological polar surface area (TPSA) is 23.5 Å². The van der Waals surface area contributed by atoms with Crippen molar-refractivity contribution in [3.05, 3.63) is 42.5 Å². The third-order valence-electron chi connectivity index (χ3n) is 2.51. The molecule has 0 bridgehead atoms. The fraction of sp³-hybridized carbons (Fsp3) is 0.385. The van der Waals surface area contributed by atoms with E-state index in [2.05, 4.69) is 11.5 Å². The van der Waals surface area contributed by atoms with Gasteiger partial charge in [0.1, 0.15) is 0 Å². The summed E-state index contributed by atoms with van der Waals surface area (Å²) in [5, 5.41) is 9.63. The molecule has 1 atom stereocenters. The Morgan fingerprint density at radius 1 is 1.40 bits per heavy atom. The second kappa shape index (κ2) is 5.56. The van der Waals surface area contributed by atoms with Crippen LogP contribution >= 0.6 is 0 Å². The molecule has 1 rings (SSSR count). The van der Waals surface area contributed by atoms with Crippen molar-refractivity contribution in [2.45, 2.75) is 19.4 Å². The molecule has 0 saturated carbocycles. The van der Waals surface area contributed by atoms with Gasteiger partial charge in [-0.1, -0.05) is 25.1 Å². The molecule has 82 valence electrons. The minimum atomic E-state index is -0.344. The number of aliphatic hydroxyl groups excluding tert-OH is 1. The summed E-state index contributed by atoms with van der Waals surface area (Å²) in [5.41, 5.74) is 2.12. The van der Waals surface area contributed by atoms with E-state index >= 15 is 0 Å². The van der Waals surface area contributed by atoms with Crippen LogP contribution in [0.3, 0.4) is 0 Å². The van der Waals surface area contributed by atoms with Crippen molar-refractivity contribution in [1.29, 1.82) is 0 Å². The highest BCUT2D eigenvalue weighted by molar-refractivity contribution is 5.47. The lowest BCUT2D eigenvalue weighted by Gasteiger charge is -2.18. The molecule has 1 unspecified atom stereocenters. The second-order valence-corrected chi connectivity index (χ2v) is 3.68. The molecule has 0 radical (unpaired) electrons. The van der Waals surface area contributed by atoms with Crippen molar-refractivity contribution >= 4 is 5.69 Å². The van der Waals surface area contributed by atoms with E-state index in [4.69, 9.17) is 0 Å². The van der Waals surface area contributed by atoms with Crippen LogP contribution in [0.4, 0.5) is 5.69 Å². The highest BCUT2D eigenvalue weighted by Gasteiger charge is 2.04. The smallest absolute Gasteiger partial charge is 0.0787 e. The van der Waals surface area contributed by atoms with Gasteiger partial charge in [-0.3, -0.25) is 0 Å². The minimum Gasteiger partial charge on any atom is -0.388 e. The van der Waals surface area contributed by atoms with Crippen LogP contribution in [0.15, 0.2) is 36.9 Å². The van der Waals surface area contributed by atoms with E-state index in [0.29, 0.717) is 0 Å². The van der Waals surface area contributed by atoms with E-state index in [9.17, 15) is 5.11 Å². The molecule has 1 aromatic carbocycles. The van der Waals surface area contributed by atoms with Crippen molar-refractivity contribution < 1.29 is 5.11 Å². The normalized spacial score (nSPS) is 12.2. The average molecular weight is 205 g/mol. The molecule has 1 aromatic rings. The predicted molar refractivity (Wildman–Crippen MR) is 65.2 cm³/mol. The maximum atomic E-state index is 9.63. The first-order chi connectivity index (χ1) is 7.19. The summed E-state index contributed by atoms with van der Waals surface area (Å²) in [6.45, 7) is 6.51. The molecule has 0 amide bonds. The van der Waals surface area contributed by atoms with Crippen LogP contribution in [0.5, 0.6) is 0 Å². The molecular formula is C13H19NO. The zero-order chi connectivity index (χ0) is 11.3. The zero-order valence-electron chi connectivity index (χ0n) is 9.48. The Morgan fingerprint density at radius 3 is 2.47 bits per heavy atom. The van der Waals surface area contributed by atoms with E-state index in [0.717, 1.165) is 24.2 Å². The quantitative estimate of drug-likeness (QED) is 0.747. The summed E-state index contributed by atoms with van der Waals surface area (Å²) >= 11 is 0. The zero-order valence-corrected chi connectivity index (χ0v) is 9.48. The van der Waals surface area contributed by atoms with Gasteiger partial charge in [0, 0.05) is 19.3 Å². The van der Waals surface area contributed by atoms with Gasteiger partial charge in [0.05, 0.1) is 6.10 Å². The van der Waals surface area contributed by atoms with E-state index in [1.165, 1.54) is 0 Å². The molecule has 2 nitrogen and oxygen atoms in total. The van der Waals surface area contributed by atoms with Crippen LogP contribution in [0.2, 0.25) is 0 Å². The molecule has 0 fully saturated rings. The van der Waals surface area contributed by atoms with E-state index in [-0.39, 0.29) is 6.10 Å². The molecule has 0 spiro atoms. The number of nitrogens with zero attached hydrogens (tertiary/aromatic N) is 1. The molecule has 15 heavy (non-hydrogen) atoms. The van der Waals surface area contributed by atoms with E-state index in [1.807, 2.05) is 44.3 Å². The molecule has 2 heteroatoms. The van der Waals surface area contributed by atoms with Crippen LogP contribution < -0.4 is 4.90 Å². The van der Waals surface area contributed by atoms with Crippen LogP contribution in [-0.4, -0.2) is 18.7 Å². The first-order valence-electron chi connectivity index (χ1n) is 5.29. The van der Waals surface area contributed by atoms with Gasteiger partial charge in [-0.25, -0.2) is 0 Å². The van der Waals surface area contributed by atoms with Gasteiger partial charge < -0.3 is 10.0 Å². The molecular weight excluding hydrogens is 186 g/mol. The third kappa shape index (κ3) is 3.10. The number of benzene rings is 1. The van der Waals surface area contributed by atoms with Gasteiger partial charge in [0.2, 0.25) is 0 Å². The lowest BCUT2D eigenvalue weighted by Crippen LogP contribution is -2.16. The second-order valence-electron chi connectivity index (χ2n) is 3.68. The van der Waals surface area contributed by atoms with E-state index in [1.54, 1.807) is 0 Å². The summed E-state index contributed by atoms with van der Waals surface area (Å²) in [5.74, 6) is 0. The molecule has 0 heterocycles. The van der Waals surface area contributed by atoms with E-state index < -0.39 is 0 Å². The van der Waals surface area contributed by atoms with Gasteiger partial charge in [-0.05, 0) is 24.1 Å². The Morgan fingerprint density at radius 2 is 2.00 bits per heavy atom. The fourth-order valence-electron chi connectivity index (χ4n) is 1.49. The summed E-state index contributed by atoms with van der Waals surface area (Å²) < 4.78 is 0. The van der Waals surface area contributed by atoms with Crippen molar-refractivity contribution in [2.24, 2.45) is 0 Å². The first-order valence-corrected chi connectivity index (χ1v) is 5.29. The predicted octanol–water partition coefficient (Wildman–Crippen LogP) is 2.75. The number of anilines is 1. The highest BCUT2D eigenvalue weighted by atomic mass is 16.3. The lowest BCUT2D eigenvalue weighted by atomic mass is 10.1. The molecule has 0 aliphatic rings. The van der Waals surface area contributed by atoms with Crippen LogP contribution in [-0.2, 0) is 0 Å². The van der Waals surface area contributed by atoms with Gasteiger partial charge >= 0.3 is 0 Å². The lowest BCUT2D eigenvalue weighted by molar-refractivity contribution is 0.173. The Bertz CT molecular complexity index is 305. The van der Waals surface area contributed by atoms with Crippen molar-refractivity contribution in [3.63, 3.8) is 0 Å². The third-order valence-corrected chi connectivity index (χ3v) is 2.51. The van der Waals surface area contributed by atoms with Gasteiger partial charge in [-0.15, -0.1) is 6.58 Å². The summed E-state index contributed by atoms with van der Waals surface area (Å²) in [6, 6.07) is 8.00. The van der Waals surface area contributed by atoms with Gasteiger partial charge in [0.15, 0.2) is 0 Å². The SMILES string of the molecule is C=CCN(C)c1ccc(C(O)CC)cc1. The summed E-state index contributed by atoms with van der Waals surface area (Å²) in [7, 11) is 2.02. The monoisotopic (exact) mass is 205 g/mol. The number of hydrogen-bond acceptors (Lipinski definition) is 2. The van der Waals surface area contributed by atoms with Gasteiger partial charge in [-0.2, -0.15) is 0 Å². The highest BCUT2D eigenvalue weighted by Crippen LogP contribution is 2.20. The Labute approximate surface area is 91.9 Å². The maximum Gasteiger partial charge on any atom is 0.0787 e. The molecule has 1 N–H and O–H groups in total. The molecule has 0 aliphatic heterocycles. The largest absolute Gasteiger partial charge is 0.388 e. The van der Waals surface area contributed by atoms with Crippen molar-refractivity contribution in [3.8, 4) is 0 Å². The number of hydrogen-bond donors (Lipinski definition) is 1. The molecule has 0 aromatic heterocycles. The van der Waals surface area contributed by atoms with Crippen LogP contribution in [0.1, 0.15) is 25.0 Å². The summed E-state index contributed by atoms with van der Waals surface area (Å²) in [6.07, 6.45) is 2.28. The van der Waals surface area contributed by atoms with Crippen molar-refractivity contribution in [2.75, 3.05) is 18.5 Å². The minimum absolute atomic E-state index is 0.344. The maximum absolute atomic E-state index is 9.63. The first kappa shape index (κ1) is 11.8. The fourth-order valence-corrected chi connectivity index (χ4v) is 1.49. The van der Waals surface area contributed by atoms with Crippen LogP contribution in [0, 0.1) is 0 Å². The van der Waals surface area contributed by atoms with Gasteiger partial charge in [0.25, 0.3) is 0 Å². The standard InChI is InChI=1S/C13H19NO/c1-4-10-14(3)12-8-6-11(7-9-12)13(15)5-2/h4,6-9,13,15H,1,5,10H2,2-3H3. The molecule has 0 aliphatic carbocycles. The Hall–Kier alpha value is -1.28.